The number of nitro groups is 1. The average molecular weight is 426 g/mol. The highest BCUT2D eigenvalue weighted by Gasteiger charge is 2.25. The lowest BCUT2D eigenvalue weighted by Gasteiger charge is -2.10. The molecule has 0 fully saturated rings. The van der Waals surface area contributed by atoms with Crippen LogP contribution in [0.25, 0.3) is 6.08 Å². The maximum absolute atomic E-state index is 12.2. The van der Waals surface area contributed by atoms with Crippen molar-refractivity contribution in [1.29, 1.82) is 0 Å². The molecule has 1 heterocycles. The number of rotatable bonds is 7. The topological polar surface area (TPSA) is 127 Å². The number of aryl methyl sites for hydroxylation is 1. The Morgan fingerprint density at radius 1 is 1.19 bits per heavy atom. The molecule has 0 spiro atoms. The van der Waals surface area contributed by atoms with Crippen molar-refractivity contribution in [2.24, 2.45) is 4.99 Å². The summed E-state index contributed by atoms with van der Waals surface area (Å²) in [5.74, 6) is -0.463. The summed E-state index contributed by atoms with van der Waals surface area (Å²) in [6.07, 6.45) is 1.50. The van der Waals surface area contributed by atoms with Crippen LogP contribution in [0, 0.1) is 17.0 Å². The summed E-state index contributed by atoms with van der Waals surface area (Å²) in [5.41, 5.74) is 1.47. The first-order valence-electron chi connectivity index (χ1n) is 8.98. The summed E-state index contributed by atoms with van der Waals surface area (Å²) in [6, 6.07) is 9.18. The van der Waals surface area contributed by atoms with Crippen molar-refractivity contribution in [3.05, 3.63) is 68.9 Å². The molecule has 31 heavy (non-hydrogen) atoms. The molecule has 0 amide bonds. The van der Waals surface area contributed by atoms with Crippen LogP contribution in [0.5, 0.6) is 11.5 Å². The van der Waals surface area contributed by atoms with Crippen molar-refractivity contribution in [1.82, 2.24) is 0 Å². The van der Waals surface area contributed by atoms with Crippen LogP contribution in [0.15, 0.2) is 47.1 Å². The van der Waals surface area contributed by atoms with E-state index < -0.39 is 16.9 Å². The summed E-state index contributed by atoms with van der Waals surface area (Å²) in [6.45, 7) is 1.31. The molecule has 0 saturated heterocycles. The summed E-state index contributed by atoms with van der Waals surface area (Å²) >= 11 is 0. The van der Waals surface area contributed by atoms with Crippen LogP contribution in [0.1, 0.15) is 16.7 Å². The van der Waals surface area contributed by atoms with E-state index in [1.165, 1.54) is 38.5 Å². The summed E-state index contributed by atoms with van der Waals surface area (Å²) in [7, 11) is 2.69. The largest absolute Gasteiger partial charge is 0.493 e. The van der Waals surface area contributed by atoms with Gasteiger partial charge in [0.05, 0.1) is 19.1 Å². The van der Waals surface area contributed by atoms with E-state index in [1.807, 2.05) is 0 Å². The minimum absolute atomic E-state index is 0.0361. The van der Waals surface area contributed by atoms with Gasteiger partial charge in [0.25, 0.3) is 5.69 Å². The highest BCUT2D eigenvalue weighted by molar-refractivity contribution is 6.13. The Morgan fingerprint density at radius 3 is 2.61 bits per heavy atom. The molecular weight excluding hydrogens is 408 g/mol. The Labute approximate surface area is 176 Å². The third-order valence-corrected chi connectivity index (χ3v) is 4.33. The molecule has 0 saturated carbocycles. The quantitative estimate of drug-likeness (QED) is 0.286. The smallest absolute Gasteiger partial charge is 0.363 e. The van der Waals surface area contributed by atoms with Gasteiger partial charge in [0.15, 0.2) is 23.8 Å². The maximum Gasteiger partial charge on any atom is 0.363 e. The zero-order chi connectivity index (χ0) is 22.5. The molecule has 10 heteroatoms. The van der Waals surface area contributed by atoms with Gasteiger partial charge < -0.3 is 18.9 Å². The number of methoxy groups -OCH3 is 2. The molecule has 160 valence electrons. The minimum atomic E-state index is -0.656. The van der Waals surface area contributed by atoms with E-state index in [1.54, 1.807) is 25.1 Å². The molecule has 0 bridgehead atoms. The standard InChI is InChI=1S/C21H18N2O8/c1-12-8-14(5-6-16(12)23(26)27)20-22-15(21(25)31-20)9-13-4-7-17(18(10-13)28-2)30-11-19(24)29-3/h4-10H,11H2,1-3H3/b15-9-. The Morgan fingerprint density at radius 2 is 1.97 bits per heavy atom. The number of carbonyl (C=O) groups excluding carboxylic acids is 2. The SMILES string of the molecule is COC(=O)COc1ccc(/C=C2\N=C(c3ccc([N+](=O)[O-])c(C)c3)OC2=O)cc1OC. The molecule has 0 aliphatic carbocycles. The van der Waals surface area contributed by atoms with Crippen LogP contribution in [-0.4, -0.2) is 43.6 Å². The van der Waals surface area contributed by atoms with Crippen molar-refractivity contribution < 1.29 is 33.5 Å². The number of benzene rings is 2. The van der Waals surface area contributed by atoms with Gasteiger partial charge in [-0.25, -0.2) is 14.6 Å². The first-order chi connectivity index (χ1) is 14.8. The van der Waals surface area contributed by atoms with Gasteiger partial charge in [-0.2, -0.15) is 0 Å². The van der Waals surface area contributed by atoms with Crippen molar-refractivity contribution in [2.75, 3.05) is 20.8 Å². The second-order valence-corrected chi connectivity index (χ2v) is 6.37. The van der Waals surface area contributed by atoms with Crippen LogP contribution >= 0.6 is 0 Å². The van der Waals surface area contributed by atoms with Gasteiger partial charge in [0, 0.05) is 17.2 Å². The molecule has 0 unspecified atom stereocenters. The molecule has 0 aromatic heterocycles. The van der Waals surface area contributed by atoms with E-state index in [0.29, 0.717) is 28.2 Å². The highest BCUT2D eigenvalue weighted by atomic mass is 16.6. The molecular formula is C21H18N2O8. The number of ether oxygens (including phenoxy) is 4. The number of hydrogen-bond donors (Lipinski definition) is 0. The molecule has 1 aliphatic rings. The van der Waals surface area contributed by atoms with Gasteiger partial charge in [0.1, 0.15) is 0 Å². The molecule has 1 aliphatic heterocycles. The van der Waals surface area contributed by atoms with Gasteiger partial charge >= 0.3 is 11.9 Å². The molecule has 3 rings (SSSR count). The Kier molecular flexibility index (Phi) is 6.29. The predicted octanol–water partition coefficient (Wildman–Crippen LogP) is 2.81. The first kappa shape index (κ1) is 21.5. The molecule has 0 radical (unpaired) electrons. The Hall–Kier alpha value is -4.21. The van der Waals surface area contributed by atoms with Gasteiger partial charge in [-0.05, 0) is 42.8 Å². The van der Waals surface area contributed by atoms with E-state index in [4.69, 9.17) is 14.2 Å². The first-order valence-corrected chi connectivity index (χ1v) is 8.98. The number of carbonyl (C=O) groups is 2. The number of nitrogens with zero attached hydrogens (tertiary/aromatic N) is 2. The maximum atomic E-state index is 12.2. The van der Waals surface area contributed by atoms with Crippen LogP contribution in [0.4, 0.5) is 5.69 Å². The van der Waals surface area contributed by atoms with Gasteiger partial charge in [-0.15, -0.1) is 0 Å². The van der Waals surface area contributed by atoms with Crippen molar-refractivity contribution >= 4 is 29.6 Å². The number of cyclic esters (lactones) is 1. The zero-order valence-corrected chi connectivity index (χ0v) is 16.9. The fourth-order valence-electron chi connectivity index (χ4n) is 2.77. The molecule has 0 atom stereocenters. The number of aliphatic imine (C=N–C) groups is 1. The summed E-state index contributed by atoms with van der Waals surface area (Å²) < 4.78 is 20.4. The second-order valence-electron chi connectivity index (χ2n) is 6.37. The number of esters is 2. The predicted molar refractivity (Wildman–Crippen MR) is 109 cm³/mol. The lowest BCUT2D eigenvalue weighted by molar-refractivity contribution is -0.385. The fraction of sp³-hybridized carbons (Fsp3) is 0.190. The van der Waals surface area contributed by atoms with Crippen LogP contribution in [0.3, 0.4) is 0 Å². The molecule has 2 aromatic carbocycles. The van der Waals surface area contributed by atoms with Gasteiger partial charge in [-0.1, -0.05) is 6.07 Å². The van der Waals surface area contributed by atoms with Gasteiger partial charge in [-0.3, -0.25) is 10.1 Å². The number of nitro benzene ring substituents is 1. The Bertz CT molecular complexity index is 1120. The summed E-state index contributed by atoms with van der Waals surface area (Å²) in [5, 5.41) is 11.0. The van der Waals surface area contributed by atoms with E-state index in [0.717, 1.165) is 0 Å². The van der Waals surface area contributed by atoms with Gasteiger partial charge in [0.2, 0.25) is 5.90 Å². The zero-order valence-electron chi connectivity index (χ0n) is 16.9. The number of hydrogen-bond acceptors (Lipinski definition) is 9. The average Bonchev–Trinajstić information content (AvgIpc) is 3.12. The van der Waals surface area contributed by atoms with E-state index in [9.17, 15) is 19.7 Å². The normalized spacial score (nSPS) is 14.1. The van der Waals surface area contributed by atoms with Crippen LogP contribution in [0.2, 0.25) is 0 Å². The second kappa shape index (κ2) is 9.08. The minimum Gasteiger partial charge on any atom is -0.493 e. The van der Waals surface area contributed by atoms with Crippen LogP contribution in [-0.2, 0) is 19.1 Å². The summed E-state index contributed by atoms with van der Waals surface area (Å²) in [4.78, 5) is 38.2. The Balaban J connectivity index is 1.85. The third-order valence-electron chi connectivity index (χ3n) is 4.33. The molecule has 2 aromatic rings. The molecule has 10 nitrogen and oxygen atoms in total. The van der Waals surface area contributed by atoms with Crippen molar-refractivity contribution in [3.8, 4) is 11.5 Å². The van der Waals surface area contributed by atoms with E-state index >= 15 is 0 Å². The van der Waals surface area contributed by atoms with Crippen molar-refractivity contribution in [2.45, 2.75) is 6.92 Å². The highest BCUT2D eigenvalue weighted by Crippen LogP contribution is 2.30. The van der Waals surface area contributed by atoms with Crippen LogP contribution < -0.4 is 9.47 Å². The molecule has 0 N–H and O–H groups in total. The van der Waals surface area contributed by atoms with E-state index in [-0.39, 0.29) is 23.9 Å². The van der Waals surface area contributed by atoms with E-state index in [2.05, 4.69) is 9.73 Å². The lowest BCUT2D eigenvalue weighted by Crippen LogP contribution is -2.12. The van der Waals surface area contributed by atoms with Crippen molar-refractivity contribution in [3.63, 3.8) is 0 Å². The lowest BCUT2D eigenvalue weighted by atomic mass is 10.1. The monoisotopic (exact) mass is 426 g/mol. The third kappa shape index (κ3) is 4.86. The fourth-order valence-corrected chi connectivity index (χ4v) is 2.77.